The molecule has 1 fully saturated rings. The second kappa shape index (κ2) is 8.38. The lowest BCUT2D eigenvalue weighted by Gasteiger charge is -2.41. The van der Waals surface area contributed by atoms with E-state index in [4.69, 9.17) is 0 Å². The third kappa shape index (κ3) is 4.63. The Bertz CT molecular complexity index is 615. The van der Waals surface area contributed by atoms with Crippen molar-refractivity contribution in [3.05, 3.63) is 65.5 Å². The van der Waals surface area contributed by atoms with E-state index in [2.05, 4.69) is 58.1 Å². The van der Waals surface area contributed by atoms with Gasteiger partial charge in [0.15, 0.2) is 0 Å². The Balaban J connectivity index is 1.61. The smallest absolute Gasteiger partial charge is 0.0446 e. The highest BCUT2D eigenvalue weighted by atomic mass is 16.3. The summed E-state index contributed by atoms with van der Waals surface area (Å²) in [6, 6.07) is 13.4. The van der Waals surface area contributed by atoms with Gasteiger partial charge in [-0.2, -0.15) is 0 Å². The van der Waals surface area contributed by atoms with Crippen LogP contribution in [-0.4, -0.2) is 52.2 Å². The maximum atomic E-state index is 9.46. The summed E-state index contributed by atoms with van der Waals surface area (Å²) < 4.78 is 0. The largest absolute Gasteiger partial charge is 0.396 e. The monoisotopic (exact) mass is 325 g/mol. The molecular weight excluding hydrogens is 298 g/mol. The molecular formula is C20H27N3O. The molecule has 4 nitrogen and oxygen atoms in total. The van der Waals surface area contributed by atoms with E-state index in [0.29, 0.717) is 6.04 Å². The summed E-state index contributed by atoms with van der Waals surface area (Å²) in [4.78, 5) is 9.09. The highest BCUT2D eigenvalue weighted by Crippen LogP contribution is 2.18. The van der Waals surface area contributed by atoms with Crippen LogP contribution in [0.2, 0.25) is 0 Å². The predicted molar refractivity (Wildman–Crippen MR) is 96.6 cm³/mol. The van der Waals surface area contributed by atoms with Gasteiger partial charge in [-0.15, -0.1) is 0 Å². The van der Waals surface area contributed by atoms with E-state index in [1.54, 1.807) is 0 Å². The minimum atomic E-state index is 0.248. The van der Waals surface area contributed by atoms with E-state index >= 15 is 0 Å². The molecule has 1 aromatic carbocycles. The molecule has 1 N–H and O–H groups in total. The molecule has 0 amide bonds. The van der Waals surface area contributed by atoms with Crippen LogP contribution in [-0.2, 0) is 13.1 Å². The van der Waals surface area contributed by atoms with E-state index in [-0.39, 0.29) is 6.61 Å². The number of aliphatic hydroxyl groups is 1. The molecule has 0 saturated carbocycles. The van der Waals surface area contributed by atoms with Gasteiger partial charge in [0, 0.05) is 57.8 Å². The summed E-state index contributed by atoms with van der Waals surface area (Å²) in [5, 5.41) is 9.46. The predicted octanol–water partition coefficient (Wildman–Crippen LogP) is 2.46. The fraction of sp³-hybridized carbons (Fsp3) is 0.450. The lowest BCUT2D eigenvalue weighted by molar-refractivity contribution is 0.0500. The minimum absolute atomic E-state index is 0.248. The van der Waals surface area contributed by atoms with Crippen LogP contribution in [0.1, 0.15) is 23.1 Å². The van der Waals surface area contributed by atoms with Crippen molar-refractivity contribution in [2.75, 3.05) is 26.2 Å². The Morgan fingerprint density at radius 3 is 2.42 bits per heavy atom. The number of piperazine rings is 1. The fourth-order valence-corrected chi connectivity index (χ4v) is 3.41. The SMILES string of the molecule is Cc1ccc(CN2CCN(Cc3ccncc3)C[C@H]2CCO)cc1. The topological polar surface area (TPSA) is 39.6 Å². The summed E-state index contributed by atoms with van der Waals surface area (Å²) >= 11 is 0. The number of aryl methyl sites for hydroxylation is 1. The van der Waals surface area contributed by atoms with Crippen molar-refractivity contribution in [3.63, 3.8) is 0 Å². The summed E-state index contributed by atoms with van der Waals surface area (Å²) in [6.07, 6.45) is 4.54. The molecule has 128 valence electrons. The third-order valence-electron chi connectivity index (χ3n) is 4.81. The van der Waals surface area contributed by atoms with Crippen LogP contribution >= 0.6 is 0 Å². The molecule has 2 heterocycles. The summed E-state index contributed by atoms with van der Waals surface area (Å²) in [5.74, 6) is 0. The van der Waals surface area contributed by atoms with Gasteiger partial charge in [-0.25, -0.2) is 0 Å². The van der Waals surface area contributed by atoms with Crippen LogP contribution < -0.4 is 0 Å². The van der Waals surface area contributed by atoms with Gasteiger partial charge in [0.2, 0.25) is 0 Å². The third-order valence-corrected chi connectivity index (χ3v) is 4.81. The number of hydrogen-bond donors (Lipinski definition) is 1. The average molecular weight is 325 g/mol. The Kier molecular flexibility index (Phi) is 5.96. The van der Waals surface area contributed by atoms with Crippen molar-refractivity contribution in [2.24, 2.45) is 0 Å². The van der Waals surface area contributed by atoms with Crippen LogP contribution in [0.25, 0.3) is 0 Å². The van der Waals surface area contributed by atoms with Crippen LogP contribution in [0.5, 0.6) is 0 Å². The van der Waals surface area contributed by atoms with Gasteiger partial charge in [0.1, 0.15) is 0 Å². The van der Waals surface area contributed by atoms with Gasteiger partial charge in [-0.3, -0.25) is 14.8 Å². The van der Waals surface area contributed by atoms with Crippen molar-refractivity contribution in [1.82, 2.24) is 14.8 Å². The quantitative estimate of drug-likeness (QED) is 0.886. The number of nitrogens with zero attached hydrogens (tertiary/aromatic N) is 3. The average Bonchev–Trinajstić information content (AvgIpc) is 2.60. The Morgan fingerprint density at radius 1 is 1.00 bits per heavy atom. The lowest BCUT2D eigenvalue weighted by atomic mass is 10.1. The number of aliphatic hydroxyl groups excluding tert-OH is 1. The summed E-state index contributed by atoms with van der Waals surface area (Å²) in [5.41, 5.74) is 3.96. The molecule has 0 spiro atoms. The number of benzene rings is 1. The van der Waals surface area contributed by atoms with Gasteiger partial charge >= 0.3 is 0 Å². The molecule has 1 aliphatic rings. The zero-order valence-corrected chi connectivity index (χ0v) is 14.4. The van der Waals surface area contributed by atoms with E-state index in [1.807, 2.05) is 12.4 Å². The molecule has 1 atom stereocenters. The van der Waals surface area contributed by atoms with E-state index in [1.165, 1.54) is 16.7 Å². The van der Waals surface area contributed by atoms with Crippen molar-refractivity contribution < 1.29 is 5.11 Å². The second-order valence-corrected chi connectivity index (χ2v) is 6.71. The van der Waals surface area contributed by atoms with E-state index in [9.17, 15) is 5.11 Å². The van der Waals surface area contributed by atoms with Gasteiger partial charge in [-0.1, -0.05) is 29.8 Å². The molecule has 3 rings (SSSR count). The first-order chi connectivity index (χ1) is 11.7. The zero-order valence-electron chi connectivity index (χ0n) is 14.4. The van der Waals surface area contributed by atoms with E-state index in [0.717, 1.165) is 39.1 Å². The Hall–Kier alpha value is -1.75. The van der Waals surface area contributed by atoms with Crippen LogP contribution in [0, 0.1) is 6.92 Å². The molecule has 1 aromatic heterocycles. The highest BCUT2D eigenvalue weighted by molar-refractivity contribution is 5.21. The highest BCUT2D eigenvalue weighted by Gasteiger charge is 2.26. The number of aromatic nitrogens is 1. The lowest BCUT2D eigenvalue weighted by Crippen LogP contribution is -2.52. The molecule has 1 aliphatic heterocycles. The number of rotatable bonds is 6. The van der Waals surface area contributed by atoms with Crippen LogP contribution in [0.4, 0.5) is 0 Å². The molecule has 24 heavy (non-hydrogen) atoms. The maximum Gasteiger partial charge on any atom is 0.0446 e. The molecule has 4 heteroatoms. The Morgan fingerprint density at radius 2 is 1.71 bits per heavy atom. The minimum Gasteiger partial charge on any atom is -0.396 e. The first-order valence-electron chi connectivity index (χ1n) is 8.76. The standard InChI is InChI=1S/C20H27N3O/c1-17-2-4-18(5-3-17)15-23-12-11-22(16-20(23)8-13-24)14-19-6-9-21-10-7-19/h2-7,9-10,20,24H,8,11-16H2,1H3/t20-/m1/s1. The molecule has 0 radical (unpaired) electrons. The first kappa shape index (κ1) is 17.1. The van der Waals surface area contributed by atoms with Crippen molar-refractivity contribution in [3.8, 4) is 0 Å². The van der Waals surface area contributed by atoms with Crippen molar-refractivity contribution in [1.29, 1.82) is 0 Å². The second-order valence-electron chi connectivity index (χ2n) is 6.71. The zero-order chi connectivity index (χ0) is 16.8. The van der Waals surface area contributed by atoms with Crippen molar-refractivity contribution >= 4 is 0 Å². The molecule has 0 aliphatic carbocycles. The van der Waals surface area contributed by atoms with E-state index < -0.39 is 0 Å². The van der Waals surface area contributed by atoms with Gasteiger partial charge in [-0.05, 0) is 36.6 Å². The maximum absolute atomic E-state index is 9.46. The van der Waals surface area contributed by atoms with Gasteiger partial charge in [0.05, 0.1) is 0 Å². The van der Waals surface area contributed by atoms with Gasteiger partial charge < -0.3 is 5.11 Å². The summed E-state index contributed by atoms with van der Waals surface area (Å²) in [7, 11) is 0. The van der Waals surface area contributed by atoms with Crippen LogP contribution in [0.3, 0.4) is 0 Å². The first-order valence-corrected chi connectivity index (χ1v) is 8.76. The summed E-state index contributed by atoms with van der Waals surface area (Å²) in [6.45, 7) is 7.42. The van der Waals surface area contributed by atoms with Crippen LogP contribution in [0.15, 0.2) is 48.8 Å². The number of pyridine rings is 1. The normalized spacial score (nSPS) is 19.5. The fourth-order valence-electron chi connectivity index (χ4n) is 3.41. The Labute approximate surface area is 144 Å². The molecule has 0 bridgehead atoms. The molecule has 1 saturated heterocycles. The number of hydrogen-bond acceptors (Lipinski definition) is 4. The molecule has 2 aromatic rings. The van der Waals surface area contributed by atoms with Crippen molar-refractivity contribution in [2.45, 2.75) is 32.5 Å². The van der Waals surface area contributed by atoms with Gasteiger partial charge in [0.25, 0.3) is 0 Å². The molecule has 0 unspecified atom stereocenters.